The minimum atomic E-state index is -1.30. The van der Waals surface area contributed by atoms with E-state index in [1.807, 2.05) is 27.7 Å². The lowest BCUT2D eigenvalue weighted by molar-refractivity contribution is 0.0295. The fraction of sp³-hybridized carbons (Fsp3) is 0.643. The molecule has 2 rings (SSSR count). The van der Waals surface area contributed by atoms with Crippen molar-refractivity contribution >= 4 is 16.9 Å². The molecule has 1 aromatic heterocycles. The summed E-state index contributed by atoms with van der Waals surface area (Å²) >= 11 is 0. The van der Waals surface area contributed by atoms with Crippen molar-refractivity contribution in [3.8, 4) is 0 Å². The van der Waals surface area contributed by atoms with Gasteiger partial charge in [0.1, 0.15) is 5.60 Å². The van der Waals surface area contributed by atoms with Crippen molar-refractivity contribution in [2.45, 2.75) is 50.1 Å². The standard InChI is InChI=1S/C14H21N3O3S/c1-10-5-7-15-12(16-10)21(19)11-6-8-17(9-11)13(18)20-14(2,3)4/h5,7,11H,6,8-9H2,1-4H3/t11-,21-/m0/s1. The molecule has 0 spiro atoms. The molecule has 1 aromatic rings. The van der Waals surface area contributed by atoms with Gasteiger partial charge in [0.15, 0.2) is 0 Å². The molecule has 0 aromatic carbocycles. The zero-order valence-corrected chi connectivity index (χ0v) is 13.6. The number of aryl methyl sites for hydroxylation is 1. The molecule has 0 bridgehead atoms. The van der Waals surface area contributed by atoms with Crippen molar-refractivity contribution in [3.63, 3.8) is 0 Å². The van der Waals surface area contributed by atoms with Crippen molar-refractivity contribution in [1.29, 1.82) is 0 Å². The van der Waals surface area contributed by atoms with Crippen LogP contribution < -0.4 is 0 Å². The zero-order valence-electron chi connectivity index (χ0n) is 12.8. The van der Waals surface area contributed by atoms with E-state index in [4.69, 9.17) is 4.74 Å². The molecule has 2 heterocycles. The number of nitrogens with zero attached hydrogens (tertiary/aromatic N) is 3. The van der Waals surface area contributed by atoms with Crippen LogP contribution in [0.5, 0.6) is 0 Å². The Morgan fingerprint density at radius 3 is 2.81 bits per heavy atom. The van der Waals surface area contributed by atoms with Gasteiger partial charge < -0.3 is 9.64 Å². The average molecular weight is 311 g/mol. The lowest BCUT2D eigenvalue weighted by Gasteiger charge is -2.24. The Morgan fingerprint density at radius 1 is 1.48 bits per heavy atom. The fourth-order valence-corrected chi connectivity index (χ4v) is 3.40. The Bertz CT molecular complexity index is 557. The molecule has 1 fully saturated rings. The Balaban J connectivity index is 1.99. The number of carbonyl (C=O) groups is 1. The zero-order chi connectivity index (χ0) is 15.6. The first-order chi connectivity index (χ1) is 9.76. The maximum Gasteiger partial charge on any atom is 0.410 e. The second-order valence-electron chi connectivity index (χ2n) is 6.12. The fourth-order valence-electron chi connectivity index (χ4n) is 2.07. The third kappa shape index (κ3) is 4.23. The molecule has 0 unspecified atom stereocenters. The van der Waals surface area contributed by atoms with Crippen LogP contribution in [-0.2, 0) is 15.5 Å². The third-order valence-corrected chi connectivity index (χ3v) is 4.60. The molecular formula is C14H21N3O3S. The smallest absolute Gasteiger partial charge is 0.410 e. The van der Waals surface area contributed by atoms with Crippen molar-refractivity contribution in [2.75, 3.05) is 13.1 Å². The Hall–Kier alpha value is -1.50. The van der Waals surface area contributed by atoms with Crippen LogP contribution in [0, 0.1) is 6.92 Å². The van der Waals surface area contributed by atoms with Crippen LogP contribution in [0.15, 0.2) is 17.4 Å². The maximum atomic E-state index is 12.5. The minimum Gasteiger partial charge on any atom is -0.444 e. The van der Waals surface area contributed by atoms with E-state index in [1.165, 1.54) is 0 Å². The van der Waals surface area contributed by atoms with Crippen molar-refractivity contribution in [2.24, 2.45) is 0 Å². The van der Waals surface area contributed by atoms with E-state index in [-0.39, 0.29) is 11.3 Å². The predicted molar refractivity (Wildman–Crippen MR) is 79.4 cm³/mol. The molecule has 1 aliphatic heterocycles. The van der Waals surface area contributed by atoms with Gasteiger partial charge in [-0.15, -0.1) is 0 Å². The highest BCUT2D eigenvalue weighted by molar-refractivity contribution is 7.85. The maximum absolute atomic E-state index is 12.5. The van der Waals surface area contributed by atoms with Gasteiger partial charge in [0.25, 0.3) is 0 Å². The number of hydrogen-bond acceptors (Lipinski definition) is 5. The molecule has 1 saturated heterocycles. The number of aromatic nitrogens is 2. The lowest BCUT2D eigenvalue weighted by Crippen LogP contribution is -2.36. The first-order valence-electron chi connectivity index (χ1n) is 6.94. The quantitative estimate of drug-likeness (QED) is 0.780. The van der Waals surface area contributed by atoms with E-state index >= 15 is 0 Å². The van der Waals surface area contributed by atoms with E-state index < -0.39 is 16.4 Å². The van der Waals surface area contributed by atoms with Crippen LogP contribution in [0.1, 0.15) is 32.9 Å². The number of hydrogen-bond donors (Lipinski definition) is 0. The Kier molecular flexibility index (Phi) is 4.61. The van der Waals surface area contributed by atoms with Gasteiger partial charge in [0.05, 0.1) is 16.0 Å². The molecule has 21 heavy (non-hydrogen) atoms. The van der Waals surface area contributed by atoms with Gasteiger partial charge in [0, 0.05) is 25.0 Å². The summed E-state index contributed by atoms with van der Waals surface area (Å²) in [5.41, 5.74) is 0.267. The second-order valence-corrected chi connectivity index (χ2v) is 7.74. The highest BCUT2D eigenvalue weighted by Gasteiger charge is 2.34. The van der Waals surface area contributed by atoms with Gasteiger partial charge in [-0.1, -0.05) is 0 Å². The van der Waals surface area contributed by atoms with Gasteiger partial charge >= 0.3 is 6.09 Å². The van der Waals surface area contributed by atoms with E-state index in [1.54, 1.807) is 17.2 Å². The molecule has 0 saturated carbocycles. The summed E-state index contributed by atoms with van der Waals surface area (Å²) in [5.74, 6) is 0. The van der Waals surface area contributed by atoms with Gasteiger partial charge in [0.2, 0.25) is 5.16 Å². The minimum absolute atomic E-state index is 0.140. The molecule has 2 atom stereocenters. The van der Waals surface area contributed by atoms with Gasteiger partial charge in [-0.2, -0.15) is 0 Å². The van der Waals surface area contributed by atoms with Crippen molar-refractivity contribution < 1.29 is 13.7 Å². The van der Waals surface area contributed by atoms with Gasteiger partial charge in [-0.3, -0.25) is 4.21 Å². The van der Waals surface area contributed by atoms with Crippen molar-refractivity contribution in [1.82, 2.24) is 14.9 Å². The van der Waals surface area contributed by atoms with Crippen LogP contribution in [-0.4, -0.2) is 49.1 Å². The van der Waals surface area contributed by atoms with Crippen LogP contribution in [0.2, 0.25) is 0 Å². The molecule has 7 heteroatoms. The summed E-state index contributed by atoms with van der Waals surface area (Å²) in [5, 5.41) is 0.199. The number of likely N-dealkylation sites (tertiary alicyclic amines) is 1. The molecule has 0 aliphatic carbocycles. The van der Waals surface area contributed by atoms with Crippen LogP contribution in [0.4, 0.5) is 4.79 Å². The number of amides is 1. The Labute approximate surface area is 127 Å². The molecular weight excluding hydrogens is 290 g/mol. The van der Waals surface area contributed by atoms with Gasteiger partial charge in [-0.25, -0.2) is 14.8 Å². The third-order valence-electron chi connectivity index (χ3n) is 3.05. The predicted octanol–water partition coefficient (Wildman–Crippen LogP) is 1.90. The number of ether oxygens (including phenoxy) is 1. The van der Waals surface area contributed by atoms with Gasteiger partial charge in [-0.05, 0) is 40.2 Å². The van der Waals surface area contributed by atoms with E-state index in [9.17, 15) is 9.00 Å². The highest BCUT2D eigenvalue weighted by atomic mass is 32.2. The van der Waals surface area contributed by atoms with Crippen molar-refractivity contribution in [3.05, 3.63) is 18.0 Å². The molecule has 0 radical (unpaired) electrons. The summed E-state index contributed by atoms with van der Waals surface area (Å²) in [4.78, 5) is 21.9. The lowest BCUT2D eigenvalue weighted by atomic mass is 10.2. The van der Waals surface area contributed by atoms with E-state index in [0.29, 0.717) is 24.7 Å². The highest BCUT2D eigenvalue weighted by Crippen LogP contribution is 2.20. The van der Waals surface area contributed by atoms with Crippen LogP contribution in [0.25, 0.3) is 0 Å². The molecule has 6 nitrogen and oxygen atoms in total. The first-order valence-corrected chi connectivity index (χ1v) is 8.16. The summed E-state index contributed by atoms with van der Waals surface area (Å²) in [6.07, 6.45) is 1.92. The monoisotopic (exact) mass is 311 g/mol. The average Bonchev–Trinajstić information content (AvgIpc) is 2.85. The number of rotatable bonds is 2. The summed E-state index contributed by atoms with van der Waals surface area (Å²) in [6, 6.07) is 1.77. The normalized spacial score (nSPS) is 20.4. The van der Waals surface area contributed by atoms with Crippen LogP contribution in [0.3, 0.4) is 0 Å². The molecule has 1 aliphatic rings. The largest absolute Gasteiger partial charge is 0.444 e. The molecule has 1 amide bonds. The first kappa shape index (κ1) is 15.9. The Morgan fingerprint density at radius 2 is 2.19 bits per heavy atom. The summed E-state index contributed by atoms with van der Waals surface area (Å²) in [7, 11) is -1.30. The van der Waals surface area contributed by atoms with E-state index in [2.05, 4.69) is 9.97 Å². The summed E-state index contributed by atoms with van der Waals surface area (Å²) < 4.78 is 17.8. The molecule has 116 valence electrons. The molecule has 0 N–H and O–H groups in total. The van der Waals surface area contributed by atoms with E-state index in [0.717, 1.165) is 5.69 Å². The summed E-state index contributed by atoms with van der Waals surface area (Å²) in [6.45, 7) is 8.30. The SMILES string of the molecule is Cc1ccnc([S@@](=O)[C@H]2CCN(C(=O)OC(C)(C)C)C2)n1. The second kappa shape index (κ2) is 6.09. The number of carbonyl (C=O) groups excluding carboxylic acids is 1. The van der Waals surface area contributed by atoms with Crippen LogP contribution >= 0.6 is 0 Å². The topological polar surface area (TPSA) is 72.4 Å².